The molecule has 0 amide bonds. The zero-order valence-electron chi connectivity index (χ0n) is 17.7. The molecule has 2 N–H and O–H groups in total. The molecule has 166 valence electrons. The monoisotopic (exact) mass is 447 g/mol. The molecule has 0 bridgehead atoms. The van der Waals surface area contributed by atoms with E-state index in [9.17, 15) is 9.18 Å². The summed E-state index contributed by atoms with van der Waals surface area (Å²) >= 11 is 0. The molecule has 0 aliphatic carbocycles. The van der Waals surface area contributed by atoms with Crippen LogP contribution in [-0.2, 0) is 0 Å². The Morgan fingerprint density at radius 1 is 0.909 bits per heavy atom. The Morgan fingerprint density at radius 3 is 2.27 bits per heavy atom. The minimum atomic E-state index is -0.370. The van der Waals surface area contributed by atoms with Crippen LogP contribution in [0.3, 0.4) is 0 Å². The number of rotatable bonds is 6. The van der Waals surface area contributed by atoms with Crippen molar-refractivity contribution in [3.63, 3.8) is 0 Å². The highest BCUT2D eigenvalue weighted by molar-refractivity contribution is 6.05. The van der Waals surface area contributed by atoms with Crippen molar-refractivity contribution in [3.05, 3.63) is 72.7 Å². The number of carbonyl (C=O) groups excluding carboxylic acids is 1. The Balaban J connectivity index is 1.35. The van der Waals surface area contributed by atoms with Gasteiger partial charge >= 0.3 is 0 Å². The highest BCUT2D eigenvalue weighted by Gasteiger charge is 2.36. The molecule has 1 aliphatic rings. The number of ether oxygens (including phenoxy) is 3. The van der Waals surface area contributed by atoms with Gasteiger partial charge in [-0.05, 0) is 24.3 Å². The molecule has 4 aromatic rings. The molecule has 0 saturated heterocycles. The Hall–Kier alpha value is -4.60. The quantitative estimate of drug-likeness (QED) is 0.385. The van der Waals surface area contributed by atoms with Crippen LogP contribution in [0.1, 0.15) is 10.5 Å². The lowest BCUT2D eigenvalue weighted by atomic mass is 10.3. The van der Waals surface area contributed by atoms with Crippen LogP contribution in [0.2, 0.25) is 0 Å². The van der Waals surface area contributed by atoms with E-state index in [0.29, 0.717) is 28.8 Å². The van der Waals surface area contributed by atoms with Crippen molar-refractivity contribution in [3.8, 4) is 23.0 Å². The van der Waals surface area contributed by atoms with E-state index < -0.39 is 0 Å². The predicted molar refractivity (Wildman–Crippen MR) is 118 cm³/mol. The van der Waals surface area contributed by atoms with Crippen molar-refractivity contribution < 1.29 is 23.4 Å². The molecule has 0 fully saturated rings. The van der Waals surface area contributed by atoms with Gasteiger partial charge in [-0.25, -0.2) is 14.4 Å². The first-order chi connectivity index (χ1) is 16.0. The molecule has 4 heterocycles. The number of fused-ring (bicyclic) bond motifs is 1. The molecular weight excluding hydrogens is 429 g/mol. The second kappa shape index (κ2) is 7.83. The second-order valence-electron chi connectivity index (χ2n) is 7.13. The number of hydrogen-bond acceptors (Lipinski definition) is 8. The van der Waals surface area contributed by atoms with Gasteiger partial charge in [-0.1, -0.05) is 0 Å². The van der Waals surface area contributed by atoms with Crippen molar-refractivity contribution in [2.45, 2.75) is 0 Å². The maximum absolute atomic E-state index is 13.1. The maximum atomic E-state index is 13.1. The van der Waals surface area contributed by atoms with Crippen molar-refractivity contribution in [1.29, 1.82) is 0 Å². The molecule has 1 aromatic carbocycles. The lowest BCUT2D eigenvalue weighted by Gasteiger charge is -2.12. The van der Waals surface area contributed by atoms with Gasteiger partial charge in [-0.15, -0.1) is 0 Å². The zero-order valence-corrected chi connectivity index (χ0v) is 17.7. The molecule has 3 aromatic heterocycles. The van der Waals surface area contributed by atoms with Crippen LogP contribution in [0.15, 0.2) is 61.2 Å². The van der Waals surface area contributed by atoms with E-state index in [4.69, 9.17) is 19.9 Å². The molecular formula is C23H18FN5O4. The third kappa shape index (κ3) is 3.67. The summed E-state index contributed by atoms with van der Waals surface area (Å²) in [4.78, 5) is 23.2. The van der Waals surface area contributed by atoms with Gasteiger partial charge in [0, 0.05) is 24.5 Å². The van der Waals surface area contributed by atoms with Gasteiger partial charge in [-0.2, -0.15) is 0 Å². The van der Waals surface area contributed by atoms with Crippen LogP contribution in [0.4, 0.5) is 27.3 Å². The Kier molecular flexibility index (Phi) is 4.82. The standard InChI is InChI=1S/C23H18FN5O4/c1-31-19-8-22(25)27-9-16(19)29-17-11-28(12-18(17)29)23(30)15-7-20(32-2)21(10-26-15)33-14-5-3-13(24)4-6-14/h3-12H,1-2H3,(H2,25,27). The van der Waals surface area contributed by atoms with Crippen LogP contribution >= 0.6 is 0 Å². The number of aromatic nitrogens is 3. The normalized spacial score (nSPS) is 11.7. The highest BCUT2D eigenvalue weighted by Crippen LogP contribution is 2.56. The van der Waals surface area contributed by atoms with Gasteiger partial charge in [0.25, 0.3) is 5.91 Å². The smallest absolute Gasteiger partial charge is 0.280 e. The Bertz CT molecular complexity index is 1350. The van der Waals surface area contributed by atoms with Crippen LogP contribution in [0.25, 0.3) is 0 Å². The second-order valence-corrected chi connectivity index (χ2v) is 7.13. The molecule has 5 rings (SSSR count). The summed E-state index contributed by atoms with van der Waals surface area (Å²) in [5.41, 5.74) is 8.31. The lowest BCUT2D eigenvalue weighted by molar-refractivity contribution is 0.0954. The molecule has 0 spiro atoms. The molecule has 0 radical (unpaired) electrons. The summed E-state index contributed by atoms with van der Waals surface area (Å²) < 4.78 is 31.0. The number of nitrogens with zero attached hydrogens (tertiary/aromatic N) is 4. The number of methoxy groups -OCH3 is 2. The van der Waals surface area contributed by atoms with E-state index in [1.54, 1.807) is 31.8 Å². The van der Waals surface area contributed by atoms with E-state index in [2.05, 4.69) is 9.97 Å². The first-order valence-corrected chi connectivity index (χ1v) is 9.82. The number of pyridine rings is 2. The first-order valence-electron chi connectivity index (χ1n) is 9.82. The average molecular weight is 447 g/mol. The number of nitrogens with two attached hydrogens (primary N) is 1. The third-order valence-electron chi connectivity index (χ3n) is 5.09. The first kappa shape index (κ1) is 20.3. The number of nitrogen functional groups attached to an aromatic ring is 1. The Labute approximate surface area is 187 Å². The topological polar surface area (TPSA) is 105 Å². The number of carbonyl (C=O) groups is 1. The number of hydrogen-bond donors (Lipinski definition) is 1. The zero-order chi connectivity index (χ0) is 23.1. The third-order valence-corrected chi connectivity index (χ3v) is 5.09. The average Bonchev–Trinajstić information content (AvgIpc) is 3.31. The molecule has 1 aliphatic heterocycles. The molecule has 10 heteroatoms. The van der Waals surface area contributed by atoms with E-state index in [1.165, 1.54) is 48.2 Å². The molecule has 0 saturated carbocycles. The molecule has 0 unspecified atom stereocenters. The lowest BCUT2D eigenvalue weighted by Crippen LogP contribution is -2.13. The largest absolute Gasteiger partial charge is 0.494 e. The fraction of sp³-hybridized carbons (Fsp3) is 0.0870. The summed E-state index contributed by atoms with van der Waals surface area (Å²) in [5.74, 6) is 1.27. The van der Waals surface area contributed by atoms with Crippen molar-refractivity contribution in [2.75, 3.05) is 24.9 Å². The van der Waals surface area contributed by atoms with Gasteiger partial charge in [0.1, 0.15) is 34.5 Å². The van der Waals surface area contributed by atoms with E-state index in [-0.39, 0.29) is 17.4 Å². The maximum Gasteiger partial charge on any atom is 0.280 e. The minimum Gasteiger partial charge on any atom is -0.494 e. The summed E-state index contributed by atoms with van der Waals surface area (Å²) in [6.07, 6.45) is 6.41. The predicted octanol–water partition coefficient (Wildman–Crippen LogP) is 4.28. The molecule has 9 nitrogen and oxygen atoms in total. The van der Waals surface area contributed by atoms with Gasteiger partial charge in [-0.3, -0.25) is 14.3 Å². The summed E-state index contributed by atoms with van der Waals surface area (Å²) in [6, 6.07) is 8.67. The van der Waals surface area contributed by atoms with Crippen LogP contribution < -0.4 is 24.8 Å². The molecule has 0 atom stereocenters. The van der Waals surface area contributed by atoms with Crippen LogP contribution in [0.5, 0.6) is 23.0 Å². The summed E-state index contributed by atoms with van der Waals surface area (Å²) in [6.45, 7) is 0. The SMILES string of the molecule is COc1cc(C(=O)n2cc3c(c2)N3c2cnc(N)cc2OC)ncc1Oc1ccc(F)cc1. The van der Waals surface area contributed by atoms with Crippen LogP contribution in [-0.4, -0.2) is 34.7 Å². The van der Waals surface area contributed by atoms with Gasteiger partial charge in [0.15, 0.2) is 11.5 Å². The Morgan fingerprint density at radius 2 is 1.61 bits per heavy atom. The van der Waals surface area contributed by atoms with E-state index in [0.717, 1.165) is 17.1 Å². The van der Waals surface area contributed by atoms with E-state index in [1.807, 2.05) is 4.90 Å². The number of anilines is 4. The number of halogens is 1. The van der Waals surface area contributed by atoms with Gasteiger partial charge in [0.2, 0.25) is 0 Å². The summed E-state index contributed by atoms with van der Waals surface area (Å²) in [5, 5.41) is 0. The van der Waals surface area contributed by atoms with Crippen molar-refractivity contribution in [1.82, 2.24) is 14.5 Å². The van der Waals surface area contributed by atoms with Gasteiger partial charge < -0.3 is 19.9 Å². The van der Waals surface area contributed by atoms with Crippen molar-refractivity contribution in [2.24, 2.45) is 0 Å². The highest BCUT2D eigenvalue weighted by atomic mass is 19.1. The van der Waals surface area contributed by atoms with E-state index >= 15 is 0 Å². The van der Waals surface area contributed by atoms with Crippen molar-refractivity contribution >= 4 is 28.8 Å². The number of benzene rings is 1. The van der Waals surface area contributed by atoms with Gasteiger partial charge in [0.05, 0.1) is 38.0 Å². The fourth-order valence-electron chi connectivity index (χ4n) is 3.43. The van der Waals surface area contributed by atoms with Crippen LogP contribution in [0, 0.1) is 5.82 Å². The fourth-order valence-corrected chi connectivity index (χ4v) is 3.43. The molecule has 33 heavy (non-hydrogen) atoms. The summed E-state index contributed by atoms with van der Waals surface area (Å²) in [7, 11) is 3.01. The minimum absolute atomic E-state index is 0.173.